The minimum Gasteiger partial charge on any atom is -0.391 e. The van der Waals surface area contributed by atoms with E-state index in [0.717, 1.165) is 11.6 Å². The molecule has 1 aromatic heterocycles. The summed E-state index contributed by atoms with van der Waals surface area (Å²) in [6.07, 6.45) is 1.66. The molecule has 0 radical (unpaired) electrons. The van der Waals surface area contributed by atoms with Crippen LogP contribution in [-0.4, -0.2) is 48.5 Å². The van der Waals surface area contributed by atoms with Crippen molar-refractivity contribution in [2.24, 2.45) is 0 Å². The van der Waals surface area contributed by atoms with Gasteiger partial charge in [0.15, 0.2) is 0 Å². The predicted octanol–water partition coefficient (Wildman–Crippen LogP) is 0.328. The second-order valence-electron chi connectivity index (χ2n) is 3.36. The Hall–Kier alpha value is -1.40. The van der Waals surface area contributed by atoms with Crippen molar-refractivity contribution in [2.45, 2.75) is 12.5 Å². The second kappa shape index (κ2) is 6.97. The number of aliphatic hydroxyl groups is 1. The zero-order valence-corrected chi connectivity index (χ0v) is 9.60. The van der Waals surface area contributed by atoms with Crippen LogP contribution in [0.1, 0.15) is 6.42 Å². The van der Waals surface area contributed by atoms with Crippen molar-refractivity contribution in [3.8, 4) is 0 Å². The third kappa shape index (κ3) is 4.41. The number of nitrogens with one attached hydrogen (secondary N) is 2. The molecule has 0 bridgehead atoms. The average molecular weight is 226 g/mol. The third-order valence-electron chi connectivity index (χ3n) is 2.07. The fourth-order valence-electron chi connectivity index (χ4n) is 1.23. The van der Waals surface area contributed by atoms with Crippen LogP contribution in [0.5, 0.6) is 0 Å². The molecule has 0 aromatic carbocycles. The lowest BCUT2D eigenvalue weighted by Crippen LogP contribution is -2.18. The fourth-order valence-corrected chi connectivity index (χ4v) is 1.23. The van der Waals surface area contributed by atoms with Crippen LogP contribution in [0.3, 0.4) is 0 Å². The van der Waals surface area contributed by atoms with Gasteiger partial charge in [0.05, 0.1) is 12.7 Å². The Morgan fingerprint density at radius 3 is 2.88 bits per heavy atom. The highest BCUT2D eigenvalue weighted by Crippen LogP contribution is 2.07. The summed E-state index contributed by atoms with van der Waals surface area (Å²) in [5.74, 6) is 1.50. The van der Waals surface area contributed by atoms with Crippen molar-refractivity contribution in [1.29, 1.82) is 0 Å². The Morgan fingerprint density at radius 1 is 1.44 bits per heavy atom. The first-order valence-electron chi connectivity index (χ1n) is 5.17. The molecule has 3 N–H and O–H groups in total. The summed E-state index contributed by atoms with van der Waals surface area (Å²) in [6, 6.07) is 1.81. The van der Waals surface area contributed by atoms with Gasteiger partial charge in [-0.25, -0.2) is 9.97 Å². The Balaban J connectivity index is 2.31. The Morgan fingerprint density at radius 2 is 2.19 bits per heavy atom. The van der Waals surface area contributed by atoms with Gasteiger partial charge >= 0.3 is 0 Å². The number of hydrogen-bond donors (Lipinski definition) is 3. The molecular weight excluding hydrogens is 208 g/mol. The van der Waals surface area contributed by atoms with E-state index in [0.29, 0.717) is 19.6 Å². The molecule has 90 valence electrons. The number of nitrogens with zero attached hydrogens (tertiary/aromatic N) is 2. The molecule has 1 heterocycles. The number of anilines is 2. The molecular formula is C10H18N4O2. The molecule has 1 aromatic rings. The van der Waals surface area contributed by atoms with Crippen molar-refractivity contribution in [3.05, 3.63) is 12.4 Å². The van der Waals surface area contributed by atoms with Crippen LogP contribution in [0.4, 0.5) is 11.6 Å². The number of methoxy groups -OCH3 is 1. The maximum absolute atomic E-state index is 9.42. The van der Waals surface area contributed by atoms with Crippen molar-refractivity contribution in [3.63, 3.8) is 0 Å². The predicted molar refractivity (Wildman–Crippen MR) is 62.6 cm³/mol. The molecule has 0 saturated heterocycles. The Labute approximate surface area is 95.1 Å². The van der Waals surface area contributed by atoms with Gasteiger partial charge in [0.2, 0.25) is 0 Å². The largest absolute Gasteiger partial charge is 0.391 e. The lowest BCUT2D eigenvalue weighted by atomic mass is 10.2. The molecule has 1 atom stereocenters. The molecule has 1 unspecified atom stereocenters. The van der Waals surface area contributed by atoms with Gasteiger partial charge in [-0.1, -0.05) is 0 Å². The minimum atomic E-state index is -0.442. The highest BCUT2D eigenvalue weighted by atomic mass is 16.5. The van der Waals surface area contributed by atoms with Gasteiger partial charge in [0.1, 0.15) is 18.0 Å². The normalized spacial score (nSPS) is 12.2. The van der Waals surface area contributed by atoms with Crippen molar-refractivity contribution >= 4 is 11.6 Å². The van der Waals surface area contributed by atoms with Crippen molar-refractivity contribution in [2.75, 3.05) is 37.9 Å². The number of ether oxygens (including phenoxy) is 1. The number of aromatic nitrogens is 2. The van der Waals surface area contributed by atoms with Crippen LogP contribution >= 0.6 is 0 Å². The van der Waals surface area contributed by atoms with Crippen LogP contribution in [0.25, 0.3) is 0 Å². The van der Waals surface area contributed by atoms with Gasteiger partial charge in [0, 0.05) is 26.8 Å². The summed E-state index contributed by atoms with van der Waals surface area (Å²) in [6.45, 7) is 0.998. The van der Waals surface area contributed by atoms with E-state index in [2.05, 4.69) is 20.6 Å². The summed E-state index contributed by atoms with van der Waals surface area (Å²) < 4.78 is 4.83. The zero-order valence-electron chi connectivity index (χ0n) is 9.60. The highest BCUT2D eigenvalue weighted by molar-refractivity contribution is 5.45. The van der Waals surface area contributed by atoms with Crippen molar-refractivity contribution in [1.82, 2.24) is 9.97 Å². The molecule has 6 nitrogen and oxygen atoms in total. The molecule has 0 aliphatic heterocycles. The van der Waals surface area contributed by atoms with Gasteiger partial charge in [-0.3, -0.25) is 0 Å². The topological polar surface area (TPSA) is 79.3 Å². The van der Waals surface area contributed by atoms with E-state index in [9.17, 15) is 5.11 Å². The van der Waals surface area contributed by atoms with Gasteiger partial charge in [-0.15, -0.1) is 0 Å². The molecule has 0 aliphatic rings. The zero-order chi connectivity index (χ0) is 11.8. The first kappa shape index (κ1) is 12.7. The number of hydrogen-bond acceptors (Lipinski definition) is 6. The van der Waals surface area contributed by atoms with Crippen LogP contribution in [0.15, 0.2) is 12.4 Å². The smallest absolute Gasteiger partial charge is 0.131 e. The maximum atomic E-state index is 9.42. The number of rotatable bonds is 7. The van der Waals surface area contributed by atoms with E-state index in [1.54, 1.807) is 14.2 Å². The summed E-state index contributed by atoms with van der Waals surface area (Å²) in [5.41, 5.74) is 0. The van der Waals surface area contributed by atoms with E-state index in [1.165, 1.54) is 6.33 Å². The highest BCUT2D eigenvalue weighted by Gasteiger charge is 2.03. The van der Waals surface area contributed by atoms with E-state index < -0.39 is 6.10 Å². The maximum Gasteiger partial charge on any atom is 0.131 e. The molecule has 0 amide bonds. The summed E-state index contributed by atoms with van der Waals surface area (Å²) in [7, 11) is 3.37. The third-order valence-corrected chi connectivity index (χ3v) is 2.07. The Bertz CT molecular complexity index is 309. The Kier molecular flexibility index (Phi) is 5.52. The van der Waals surface area contributed by atoms with E-state index in [-0.39, 0.29) is 0 Å². The van der Waals surface area contributed by atoms with Gasteiger partial charge < -0.3 is 20.5 Å². The molecule has 0 spiro atoms. The van der Waals surface area contributed by atoms with Crippen LogP contribution in [0.2, 0.25) is 0 Å². The van der Waals surface area contributed by atoms with Crippen molar-refractivity contribution < 1.29 is 9.84 Å². The molecule has 0 saturated carbocycles. The van der Waals surface area contributed by atoms with E-state index in [4.69, 9.17) is 4.74 Å². The monoisotopic (exact) mass is 226 g/mol. The second-order valence-corrected chi connectivity index (χ2v) is 3.36. The first-order chi connectivity index (χ1) is 7.76. The van der Waals surface area contributed by atoms with E-state index in [1.807, 2.05) is 6.07 Å². The summed E-state index contributed by atoms with van der Waals surface area (Å²) >= 11 is 0. The van der Waals surface area contributed by atoms with Gasteiger partial charge in [-0.05, 0) is 6.42 Å². The fraction of sp³-hybridized carbons (Fsp3) is 0.600. The lowest BCUT2D eigenvalue weighted by Gasteiger charge is -2.10. The number of aliphatic hydroxyl groups excluding tert-OH is 1. The SMILES string of the molecule is CNc1cc(NCCC(O)COC)ncn1. The summed E-state index contributed by atoms with van der Waals surface area (Å²) in [4.78, 5) is 8.05. The minimum absolute atomic E-state index is 0.354. The van der Waals surface area contributed by atoms with Gasteiger partial charge in [-0.2, -0.15) is 0 Å². The van der Waals surface area contributed by atoms with Crippen LogP contribution < -0.4 is 10.6 Å². The molecule has 0 aliphatic carbocycles. The standard InChI is InChI=1S/C10H18N4O2/c1-11-9-5-10(14-7-13-9)12-4-3-8(15)6-16-2/h5,7-8,15H,3-4,6H2,1-2H3,(H2,11,12,13,14). The van der Waals surface area contributed by atoms with E-state index >= 15 is 0 Å². The van der Waals surface area contributed by atoms with Crippen LogP contribution in [0, 0.1) is 0 Å². The lowest BCUT2D eigenvalue weighted by molar-refractivity contribution is 0.0615. The summed E-state index contributed by atoms with van der Waals surface area (Å²) in [5, 5.41) is 15.4. The molecule has 6 heteroatoms. The molecule has 0 fully saturated rings. The average Bonchev–Trinajstić information content (AvgIpc) is 2.30. The van der Waals surface area contributed by atoms with Gasteiger partial charge in [0.25, 0.3) is 0 Å². The first-order valence-corrected chi connectivity index (χ1v) is 5.17. The molecule has 16 heavy (non-hydrogen) atoms. The molecule has 1 rings (SSSR count). The van der Waals surface area contributed by atoms with Crippen LogP contribution in [-0.2, 0) is 4.74 Å². The quantitative estimate of drug-likeness (QED) is 0.621.